The first kappa shape index (κ1) is 15.0. The van der Waals surface area contributed by atoms with Crippen LogP contribution in [0.25, 0.3) is 0 Å². The number of hydrogen-bond donors (Lipinski definition) is 0. The molecule has 0 radical (unpaired) electrons. The van der Waals surface area contributed by atoms with Gasteiger partial charge in [0.2, 0.25) is 0 Å². The van der Waals surface area contributed by atoms with E-state index >= 15 is 0 Å². The van der Waals surface area contributed by atoms with Crippen LogP contribution in [0.4, 0.5) is 0 Å². The van der Waals surface area contributed by atoms with Gasteiger partial charge in [-0.15, -0.1) is 0 Å². The predicted octanol–water partition coefficient (Wildman–Crippen LogP) is 4.86. The summed E-state index contributed by atoms with van der Waals surface area (Å²) in [6, 6.07) is 1.54. The fourth-order valence-electron chi connectivity index (χ4n) is 3.73. The van der Waals surface area contributed by atoms with Crippen LogP contribution in [0.15, 0.2) is 0 Å². The molecule has 1 rings (SSSR count). The molecule has 0 N–H and O–H groups in total. The van der Waals surface area contributed by atoms with Gasteiger partial charge in [-0.2, -0.15) is 0 Å². The summed E-state index contributed by atoms with van der Waals surface area (Å²) in [5, 5.41) is 0. The van der Waals surface area contributed by atoms with Crippen LogP contribution >= 0.6 is 0 Å². The summed E-state index contributed by atoms with van der Waals surface area (Å²) < 4.78 is 0. The zero-order valence-corrected chi connectivity index (χ0v) is 12.8. The van der Waals surface area contributed by atoms with Gasteiger partial charge in [0.15, 0.2) is 0 Å². The maximum absolute atomic E-state index is 2.59. The molecule has 102 valence electrons. The topological polar surface area (TPSA) is 3.24 Å². The van der Waals surface area contributed by atoms with E-state index in [-0.39, 0.29) is 0 Å². The maximum Gasteiger partial charge on any atom is 0.00953 e. The zero-order chi connectivity index (χ0) is 12.9. The normalized spacial score (nSPS) is 21.4. The standard InChI is InChI=1S/C16H33N/c1-6-10-16(11-7-2)12-8-15(9-13-16)17(5)14(3)4/h14-15H,6-13H2,1-5H3. The Balaban J connectivity index is 2.51. The van der Waals surface area contributed by atoms with Crippen molar-refractivity contribution in [2.24, 2.45) is 5.41 Å². The largest absolute Gasteiger partial charge is 0.301 e. The molecule has 17 heavy (non-hydrogen) atoms. The van der Waals surface area contributed by atoms with Crippen molar-refractivity contribution in [1.29, 1.82) is 0 Å². The van der Waals surface area contributed by atoms with Crippen LogP contribution in [0.5, 0.6) is 0 Å². The molecule has 0 aliphatic heterocycles. The molecule has 0 aromatic carbocycles. The third kappa shape index (κ3) is 3.98. The van der Waals surface area contributed by atoms with Gasteiger partial charge in [0, 0.05) is 12.1 Å². The summed E-state index contributed by atoms with van der Waals surface area (Å²) in [5.74, 6) is 0. The van der Waals surface area contributed by atoms with Crippen LogP contribution in [0.1, 0.15) is 79.1 Å². The predicted molar refractivity (Wildman–Crippen MR) is 77.4 cm³/mol. The molecule has 1 nitrogen and oxygen atoms in total. The Kier molecular flexibility index (Phi) is 5.99. The molecule has 0 atom stereocenters. The van der Waals surface area contributed by atoms with Crippen molar-refractivity contribution in [2.75, 3.05) is 7.05 Å². The van der Waals surface area contributed by atoms with Crippen LogP contribution in [0.2, 0.25) is 0 Å². The highest BCUT2D eigenvalue weighted by atomic mass is 15.1. The van der Waals surface area contributed by atoms with Crippen molar-refractivity contribution in [1.82, 2.24) is 4.90 Å². The third-order valence-corrected chi connectivity index (χ3v) is 4.97. The number of nitrogens with zero attached hydrogens (tertiary/aromatic N) is 1. The quantitative estimate of drug-likeness (QED) is 0.640. The highest BCUT2D eigenvalue weighted by molar-refractivity contribution is 4.88. The first-order valence-electron chi connectivity index (χ1n) is 7.76. The van der Waals surface area contributed by atoms with E-state index in [9.17, 15) is 0 Å². The van der Waals surface area contributed by atoms with Crippen LogP contribution in [0.3, 0.4) is 0 Å². The molecule has 1 aliphatic rings. The van der Waals surface area contributed by atoms with E-state index in [4.69, 9.17) is 0 Å². The molecule has 1 fully saturated rings. The molecule has 0 spiro atoms. The molecule has 0 aromatic heterocycles. The van der Waals surface area contributed by atoms with Crippen molar-refractivity contribution in [3.8, 4) is 0 Å². The molecule has 0 saturated heterocycles. The summed E-state index contributed by atoms with van der Waals surface area (Å²) in [4.78, 5) is 2.59. The Hall–Kier alpha value is -0.0400. The minimum absolute atomic E-state index is 0.699. The van der Waals surface area contributed by atoms with Crippen molar-refractivity contribution in [2.45, 2.75) is 91.1 Å². The van der Waals surface area contributed by atoms with Crippen LogP contribution in [-0.4, -0.2) is 24.0 Å². The second-order valence-corrected chi connectivity index (χ2v) is 6.49. The van der Waals surface area contributed by atoms with Gasteiger partial charge < -0.3 is 4.90 Å². The van der Waals surface area contributed by atoms with E-state index in [1.165, 1.54) is 51.4 Å². The second kappa shape index (κ2) is 6.78. The summed E-state index contributed by atoms with van der Waals surface area (Å²) >= 11 is 0. The lowest BCUT2D eigenvalue weighted by atomic mass is 9.67. The van der Waals surface area contributed by atoms with Gasteiger partial charge in [-0.05, 0) is 64.8 Å². The van der Waals surface area contributed by atoms with Crippen molar-refractivity contribution >= 4 is 0 Å². The fourth-order valence-corrected chi connectivity index (χ4v) is 3.73. The van der Waals surface area contributed by atoms with E-state index in [2.05, 4.69) is 39.6 Å². The molecule has 1 aliphatic carbocycles. The van der Waals surface area contributed by atoms with Crippen LogP contribution in [-0.2, 0) is 0 Å². The Labute approximate surface area is 109 Å². The number of rotatable bonds is 6. The Morgan fingerprint density at radius 3 is 1.88 bits per heavy atom. The van der Waals surface area contributed by atoms with Gasteiger partial charge in [0.05, 0.1) is 0 Å². The molecule has 0 unspecified atom stereocenters. The average molecular weight is 239 g/mol. The van der Waals surface area contributed by atoms with Crippen molar-refractivity contribution in [3.05, 3.63) is 0 Å². The summed E-state index contributed by atoms with van der Waals surface area (Å²) in [7, 11) is 2.31. The molecule has 1 heteroatoms. The first-order chi connectivity index (χ1) is 8.04. The van der Waals surface area contributed by atoms with Crippen molar-refractivity contribution < 1.29 is 0 Å². The Morgan fingerprint density at radius 2 is 1.53 bits per heavy atom. The minimum Gasteiger partial charge on any atom is -0.301 e. The molecule has 1 saturated carbocycles. The molecular formula is C16H33N. The smallest absolute Gasteiger partial charge is 0.00953 e. The van der Waals surface area contributed by atoms with Gasteiger partial charge in [-0.25, -0.2) is 0 Å². The molecular weight excluding hydrogens is 206 g/mol. The van der Waals surface area contributed by atoms with Gasteiger partial charge in [-0.1, -0.05) is 26.7 Å². The van der Waals surface area contributed by atoms with Gasteiger partial charge in [0.1, 0.15) is 0 Å². The minimum atomic E-state index is 0.699. The van der Waals surface area contributed by atoms with Crippen LogP contribution in [0, 0.1) is 5.41 Å². The highest BCUT2D eigenvalue weighted by Crippen LogP contribution is 2.44. The first-order valence-corrected chi connectivity index (χ1v) is 7.76. The molecule has 0 bridgehead atoms. The lowest BCUT2D eigenvalue weighted by molar-refractivity contribution is 0.0733. The van der Waals surface area contributed by atoms with E-state index in [0.29, 0.717) is 11.5 Å². The summed E-state index contributed by atoms with van der Waals surface area (Å²) in [5.41, 5.74) is 0.706. The zero-order valence-electron chi connectivity index (χ0n) is 12.8. The molecule has 0 aromatic rings. The molecule has 0 amide bonds. The van der Waals surface area contributed by atoms with E-state index in [1.54, 1.807) is 0 Å². The average Bonchev–Trinajstić information content (AvgIpc) is 2.30. The van der Waals surface area contributed by atoms with Gasteiger partial charge >= 0.3 is 0 Å². The fraction of sp³-hybridized carbons (Fsp3) is 1.00. The third-order valence-electron chi connectivity index (χ3n) is 4.97. The SMILES string of the molecule is CCCC1(CCC)CCC(N(C)C(C)C)CC1. The lowest BCUT2D eigenvalue weighted by Gasteiger charge is -2.44. The highest BCUT2D eigenvalue weighted by Gasteiger charge is 2.35. The van der Waals surface area contributed by atoms with Gasteiger partial charge in [-0.3, -0.25) is 0 Å². The maximum atomic E-state index is 2.59. The second-order valence-electron chi connectivity index (χ2n) is 6.49. The Morgan fingerprint density at radius 1 is 1.06 bits per heavy atom. The van der Waals surface area contributed by atoms with E-state index < -0.39 is 0 Å². The van der Waals surface area contributed by atoms with Crippen molar-refractivity contribution in [3.63, 3.8) is 0 Å². The van der Waals surface area contributed by atoms with E-state index in [1.807, 2.05) is 0 Å². The van der Waals surface area contributed by atoms with Gasteiger partial charge in [0.25, 0.3) is 0 Å². The monoisotopic (exact) mass is 239 g/mol. The summed E-state index contributed by atoms with van der Waals surface area (Å²) in [6.07, 6.45) is 11.4. The number of hydrogen-bond acceptors (Lipinski definition) is 1. The lowest BCUT2D eigenvalue weighted by Crippen LogP contribution is -2.42. The summed E-state index contributed by atoms with van der Waals surface area (Å²) in [6.45, 7) is 9.34. The van der Waals surface area contributed by atoms with E-state index in [0.717, 1.165) is 6.04 Å². The van der Waals surface area contributed by atoms with Crippen LogP contribution < -0.4 is 0 Å². The Bertz CT molecular complexity index is 194. The molecule has 0 heterocycles.